The van der Waals surface area contributed by atoms with Crippen molar-refractivity contribution >= 4 is 28.6 Å². The Kier molecular flexibility index (Phi) is 7.96. The second-order valence-electron chi connectivity index (χ2n) is 7.76. The van der Waals surface area contributed by atoms with Crippen molar-refractivity contribution in [2.45, 2.75) is 26.2 Å². The lowest BCUT2D eigenvalue weighted by molar-refractivity contribution is 0.252. The lowest BCUT2D eigenvalue weighted by Gasteiger charge is -2.09. The van der Waals surface area contributed by atoms with Crippen molar-refractivity contribution in [2.75, 3.05) is 33.1 Å². The molecule has 0 fully saturated rings. The Bertz CT molecular complexity index is 1080. The summed E-state index contributed by atoms with van der Waals surface area (Å²) < 4.78 is 5.17. The summed E-state index contributed by atoms with van der Waals surface area (Å²) >= 11 is 0. The lowest BCUT2D eigenvalue weighted by atomic mass is 10.1. The number of pyridine rings is 1. The number of fused-ring (bicyclic) bond motifs is 1. The molecule has 0 bridgehead atoms. The van der Waals surface area contributed by atoms with Crippen molar-refractivity contribution in [1.29, 1.82) is 0 Å². The highest BCUT2D eigenvalue weighted by Gasteiger charge is 2.07. The van der Waals surface area contributed by atoms with E-state index < -0.39 is 0 Å². The van der Waals surface area contributed by atoms with Crippen molar-refractivity contribution in [3.8, 4) is 5.75 Å². The zero-order chi connectivity index (χ0) is 22.9. The number of rotatable bonds is 9. The van der Waals surface area contributed by atoms with Crippen molar-refractivity contribution in [2.24, 2.45) is 0 Å². The molecular formula is C24H30N6O2. The Hall–Kier alpha value is -3.68. The Balaban J connectivity index is 1.49. The molecule has 0 atom stereocenters. The highest BCUT2D eigenvalue weighted by molar-refractivity contribution is 5.89. The molecule has 3 rings (SSSR count). The van der Waals surface area contributed by atoms with E-state index in [1.807, 2.05) is 44.3 Å². The highest BCUT2D eigenvalue weighted by atomic mass is 16.5. The number of unbranched alkanes of at least 4 members (excludes halogenated alkanes) is 1. The van der Waals surface area contributed by atoms with Crippen molar-refractivity contribution in [3.63, 3.8) is 0 Å². The van der Waals surface area contributed by atoms with Gasteiger partial charge in [-0.1, -0.05) is 12.1 Å². The van der Waals surface area contributed by atoms with E-state index in [0.29, 0.717) is 23.5 Å². The molecule has 0 aliphatic carbocycles. The number of nitrogens with zero attached hydrogens (tertiary/aromatic N) is 4. The number of ether oxygens (including phenoxy) is 1. The second kappa shape index (κ2) is 11.1. The minimum absolute atomic E-state index is 0.283. The van der Waals surface area contributed by atoms with Crippen LogP contribution in [0.3, 0.4) is 0 Å². The fourth-order valence-corrected chi connectivity index (χ4v) is 3.22. The SMILES string of the molecule is COc1ccc(CCCCNC(=O)Nc2ccc3ncc(/C(C)=C/N(C)C)nc3n2)cc1. The van der Waals surface area contributed by atoms with Gasteiger partial charge in [0, 0.05) is 26.8 Å². The van der Waals surface area contributed by atoms with Crippen LogP contribution >= 0.6 is 0 Å². The average molecular weight is 435 g/mol. The average Bonchev–Trinajstić information content (AvgIpc) is 2.78. The monoisotopic (exact) mass is 434 g/mol. The van der Waals surface area contributed by atoms with E-state index in [1.165, 1.54) is 5.56 Å². The number of carbonyl (C=O) groups excluding carboxylic acids is 1. The third-order valence-corrected chi connectivity index (χ3v) is 4.84. The van der Waals surface area contributed by atoms with Gasteiger partial charge in [0.1, 0.15) is 17.1 Å². The predicted octanol–water partition coefficient (Wildman–Crippen LogP) is 4.10. The van der Waals surface area contributed by atoms with E-state index in [4.69, 9.17) is 4.74 Å². The van der Waals surface area contributed by atoms with Crippen LogP contribution in [-0.4, -0.2) is 53.6 Å². The van der Waals surface area contributed by atoms with Gasteiger partial charge < -0.3 is 15.0 Å². The molecule has 2 amide bonds. The predicted molar refractivity (Wildman–Crippen MR) is 128 cm³/mol. The van der Waals surface area contributed by atoms with E-state index in [0.717, 1.165) is 36.3 Å². The molecule has 0 aliphatic rings. The first kappa shape index (κ1) is 23.0. The van der Waals surface area contributed by atoms with Crippen LogP contribution in [0.2, 0.25) is 0 Å². The van der Waals surface area contributed by atoms with Gasteiger partial charge in [0.05, 0.1) is 19.0 Å². The first-order valence-corrected chi connectivity index (χ1v) is 10.6. The molecule has 8 heteroatoms. The fourth-order valence-electron chi connectivity index (χ4n) is 3.22. The van der Waals surface area contributed by atoms with Crippen LogP contribution in [0.4, 0.5) is 10.6 Å². The summed E-state index contributed by atoms with van der Waals surface area (Å²) in [6.45, 7) is 2.56. The molecule has 0 aliphatic heterocycles. The number of hydrogen-bond donors (Lipinski definition) is 2. The number of allylic oxidation sites excluding steroid dienone is 1. The van der Waals surface area contributed by atoms with Gasteiger partial charge in [-0.3, -0.25) is 10.3 Å². The van der Waals surface area contributed by atoms with Crippen LogP contribution in [0, 0.1) is 0 Å². The summed E-state index contributed by atoms with van der Waals surface area (Å²) in [5.41, 5.74) is 4.16. The number of urea groups is 1. The Morgan fingerprint density at radius 3 is 2.59 bits per heavy atom. The van der Waals surface area contributed by atoms with E-state index in [-0.39, 0.29) is 6.03 Å². The maximum atomic E-state index is 12.2. The first-order chi connectivity index (χ1) is 15.4. The number of aromatic nitrogens is 3. The summed E-state index contributed by atoms with van der Waals surface area (Å²) in [7, 11) is 5.57. The smallest absolute Gasteiger partial charge is 0.320 e. The molecule has 0 saturated carbocycles. The molecule has 168 valence electrons. The highest BCUT2D eigenvalue weighted by Crippen LogP contribution is 2.16. The summed E-state index contributed by atoms with van der Waals surface area (Å²) in [5.74, 6) is 1.30. The van der Waals surface area contributed by atoms with Gasteiger partial charge in [0.2, 0.25) is 0 Å². The topological polar surface area (TPSA) is 92.3 Å². The van der Waals surface area contributed by atoms with Crippen molar-refractivity contribution in [1.82, 2.24) is 25.2 Å². The molecule has 2 heterocycles. The number of anilines is 1. The molecule has 3 aromatic rings. The molecule has 2 N–H and O–H groups in total. The van der Waals surface area contributed by atoms with Crippen LogP contribution in [0.15, 0.2) is 48.8 Å². The second-order valence-corrected chi connectivity index (χ2v) is 7.76. The molecule has 0 radical (unpaired) electrons. The molecule has 32 heavy (non-hydrogen) atoms. The van der Waals surface area contributed by atoms with Crippen LogP contribution in [0.25, 0.3) is 16.7 Å². The molecule has 0 spiro atoms. The number of amides is 2. The summed E-state index contributed by atoms with van der Waals surface area (Å²) in [6, 6.07) is 11.3. The zero-order valence-corrected chi connectivity index (χ0v) is 19.1. The van der Waals surface area contributed by atoms with Gasteiger partial charge in [0.25, 0.3) is 0 Å². The maximum Gasteiger partial charge on any atom is 0.320 e. The summed E-state index contributed by atoms with van der Waals surface area (Å²) in [6.07, 6.45) is 6.53. The molecule has 1 aromatic carbocycles. The number of aryl methyl sites for hydroxylation is 1. The van der Waals surface area contributed by atoms with Gasteiger partial charge in [-0.25, -0.2) is 14.8 Å². The Morgan fingerprint density at radius 1 is 1.09 bits per heavy atom. The van der Waals surface area contributed by atoms with Gasteiger partial charge in [-0.15, -0.1) is 0 Å². The number of methoxy groups -OCH3 is 1. The lowest BCUT2D eigenvalue weighted by Crippen LogP contribution is -2.29. The van der Waals surface area contributed by atoms with Crippen LogP contribution in [-0.2, 0) is 6.42 Å². The van der Waals surface area contributed by atoms with Gasteiger partial charge in [-0.05, 0) is 61.6 Å². The largest absolute Gasteiger partial charge is 0.497 e. The molecule has 0 saturated heterocycles. The van der Waals surface area contributed by atoms with Gasteiger partial charge >= 0.3 is 6.03 Å². The first-order valence-electron chi connectivity index (χ1n) is 10.6. The number of hydrogen-bond acceptors (Lipinski definition) is 6. The van der Waals surface area contributed by atoms with E-state index in [1.54, 1.807) is 25.4 Å². The van der Waals surface area contributed by atoms with E-state index in [9.17, 15) is 4.79 Å². The van der Waals surface area contributed by atoms with Crippen LogP contribution < -0.4 is 15.4 Å². The normalized spacial score (nSPS) is 11.3. The molecule has 2 aromatic heterocycles. The van der Waals surface area contributed by atoms with Crippen molar-refractivity contribution < 1.29 is 9.53 Å². The standard InChI is InChI=1S/C24H30N6O2/c1-17(16-30(2)3)21-15-26-20-12-13-22(28-23(20)27-21)29-24(31)25-14-6-5-7-18-8-10-19(32-4)11-9-18/h8-13,15-16H,5-7,14H2,1-4H3,(H2,25,27,28,29,31)/b17-16+. The number of carbonyl (C=O) groups is 1. The van der Waals surface area contributed by atoms with Crippen LogP contribution in [0.5, 0.6) is 5.75 Å². The number of nitrogens with one attached hydrogen (secondary N) is 2. The minimum Gasteiger partial charge on any atom is -0.497 e. The summed E-state index contributed by atoms with van der Waals surface area (Å²) in [5, 5.41) is 5.64. The Labute approximate surface area is 188 Å². The van der Waals surface area contributed by atoms with Crippen molar-refractivity contribution in [3.05, 3.63) is 60.1 Å². The summed E-state index contributed by atoms with van der Waals surface area (Å²) in [4.78, 5) is 27.6. The molecule has 0 unspecified atom stereocenters. The van der Waals surface area contributed by atoms with Gasteiger partial charge in [-0.2, -0.15) is 0 Å². The fraction of sp³-hybridized carbons (Fsp3) is 0.333. The maximum absolute atomic E-state index is 12.2. The Morgan fingerprint density at radius 2 is 1.88 bits per heavy atom. The van der Waals surface area contributed by atoms with Gasteiger partial charge in [0.15, 0.2) is 5.65 Å². The van der Waals surface area contributed by atoms with E-state index >= 15 is 0 Å². The quantitative estimate of drug-likeness (QED) is 0.493. The van der Waals surface area contributed by atoms with E-state index in [2.05, 4.69) is 37.7 Å². The molecular weight excluding hydrogens is 404 g/mol. The third kappa shape index (κ3) is 6.66. The number of benzene rings is 1. The zero-order valence-electron chi connectivity index (χ0n) is 19.1. The van der Waals surface area contributed by atoms with Crippen LogP contribution in [0.1, 0.15) is 31.0 Å². The molecule has 8 nitrogen and oxygen atoms in total. The minimum atomic E-state index is -0.283. The third-order valence-electron chi connectivity index (χ3n) is 4.84.